The van der Waals surface area contributed by atoms with E-state index in [1.807, 2.05) is 12.1 Å². The minimum Gasteiger partial charge on any atom is -0.145 e. The number of hydrazone groups is 1. The van der Waals surface area contributed by atoms with Crippen LogP contribution in [0.25, 0.3) is 0 Å². The van der Waals surface area contributed by atoms with E-state index in [1.54, 1.807) is 23.9 Å². The van der Waals surface area contributed by atoms with Gasteiger partial charge in [0, 0.05) is 12.0 Å². The number of hydrogen-bond donors (Lipinski definition) is 1. The Bertz CT molecular complexity index is 482. The number of nitroso groups, excluding NO2 is 1. The van der Waals surface area contributed by atoms with Gasteiger partial charge in [0.25, 0.3) is 0 Å². The maximum Gasteiger partial charge on any atom is 0.240 e. The maximum atomic E-state index is 10.7. The summed E-state index contributed by atoms with van der Waals surface area (Å²) in [5.74, 6) is 0.787. The van der Waals surface area contributed by atoms with Crippen LogP contribution < -0.4 is 5.10 Å². The van der Waals surface area contributed by atoms with Crippen LogP contribution in [0.2, 0.25) is 0 Å². The highest BCUT2D eigenvalue weighted by Gasteiger charge is 2.19. The second-order valence-electron chi connectivity index (χ2n) is 3.74. The minimum absolute atomic E-state index is 0.451. The zero-order valence-electron chi connectivity index (χ0n) is 9.64. The van der Waals surface area contributed by atoms with Crippen LogP contribution >= 0.6 is 11.8 Å². The lowest BCUT2D eigenvalue weighted by Crippen LogP contribution is -2.68. The first-order valence-corrected chi connectivity index (χ1v) is 6.57. The fourth-order valence-electron chi connectivity index (χ4n) is 1.64. The Morgan fingerprint density at radius 2 is 2.29 bits per heavy atom. The monoisotopic (exact) mass is 248 g/mol. The van der Waals surface area contributed by atoms with Gasteiger partial charge in [0.05, 0.1) is 5.75 Å². The van der Waals surface area contributed by atoms with Gasteiger partial charge in [0.1, 0.15) is 11.4 Å². The summed E-state index contributed by atoms with van der Waals surface area (Å²) in [7, 11) is 0. The zero-order valence-corrected chi connectivity index (χ0v) is 10.5. The molecule has 1 aliphatic heterocycles. The van der Waals surface area contributed by atoms with E-state index in [0.717, 1.165) is 29.9 Å². The topological polar surface area (TPSA) is 55.8 Å². The molecule has 5 heteroatoms. The number of benzene rings is 1. The zero-order chi connectivity index (χ0) is 12.1. The van der Waals surface area contributed by atoms with Gasteiger partial charge in [-0.25, -0.2) is 0 Å². The molecule has 1 N–H and O–H groups in total. The Labute approximate surface area is 104 Å². The van der Waals surface area contributed by atoms with Crippen molar-refractivity contribution >= 4 is 28.2 Å². The summed E-state index contributed by atoms with van der Waals surface area (Å²) in [6, 6.07) is 7.28. The molecule has 0 spiro atoms. The van der Waals surface area contributed by atoms with E-state index >= 15 is 0 Å². The van der Waals surface area contributed by atoms with E-state index in [-0.39, 0.29) is 0 Å². The Balaban J connectivity index is 2.27. The SMILES string of the molecule is CCCC1=[NH+]N=C(c2ccccc2N=O)CS1. The largest absolute Gasteiger partial charge is 0.240 e. The molecule has 0 aliphatic carbocycles. The average molecular weight is 248 g/mol. The second kappa shape index (κ2) is 5.72. The van der Waals surface area contributed by atoms with Crippen LogP contribution in [-0.4, -0.2) is 16.5 Å². The molecule has 0 saturated carbocycles. The van der Waals surface area contributed by atoms with Crippen molar-refractivity contribution in [1.82, 2.24) is 0 Å². The van der Waals surface area contributed by atoms with Crippen LogP contribution in [0, 0.1) is 4.91 Å². The molecule has 0 fully saturated rings. The molecule has 1 aromatic carbocycles. The van der Waals surface area contributed by atoms with Crippen LogP contribution in [0.3, 0.4) is 0 Å². The normalized spacial score (nSPS) is 15.1. The Hall–Kier alpha value is -1.49. The number of hydrogen-bond acceptors (Lipinski definition) is 4. The van der Waals surface area contributed by atoms with Gasteiger partial charge in [-0.1, -0.05) is 42.0 Å². The lowest BCUT2D eigenvalue weighted by molar-refractivity contribution is -0.460. The predicted molar refractivity (Wildman–Crippen MR) is 71.8 cm³/mol. The van der Waals surface area contributed by atoms with Crippen molar-refractivity contribution < 1.29 is 5.10 Å². The highest BCUT2D eigenvalue weighted by molar-refractivity contribution is 8.14. The van der Waals surface area contributed by atoms with E-state index in [2.05, 4.69) is 22.3 Å². The molecule has 17 heavy (non-hydrogen) atoms. The number of rotatable bonds is 4. The molecule has 2 rings (SSSR count). The highest BCUT2D eigenvalue weighted by Crippen LogP contribution is 2.21. The summed E-state index contributed by atoms with van der Waals surface area (Å²) in [6.07, 6.45) is 2.13. The summed E-state index contributed by atoms with van der Waals surface area (Å²) in [6.45, 7) is 2.14. The molecule has 0 unspecified atom stereocenters. The van der Waals surface area contributed by atoms with Crippen molar-refractivity contribution in [3.63, 3.8) is 0 Å². The maximum absolute atomic E-state index is 10.7. The smallest absolute Gasteiger partial charge is 0.145 e. The summed E-state index contributed by atoms with van der Waals surface area (Å²) >= 11 is 1.74. The van der Waals surface area contributed by atoms with Crippen molar-refractivity contribution in [1.29, 1.82) is 0 Å². The van der Waals surface area contributed by atoms with Crippen molar-refractivity contribution in [2.75, 3.05) is 5.75 Å². The van der Waals surface area contributed by atoms with E-state index < -0.39 is 0 Å². The Kier molecular flexibility index (Phi) is 4.03. The molecule has 1 aromatic rings. The molecule has 0 radical (unpaired) electrons. The molecule has 1 aliphatic rings. The average Bonchev–Trinajstić information content (AvgIpc) is 2.40. The van der Waals surface area contributed by atoms with Crippen molar-refractivity contribution in [3.05, 3.63) is 34.7 Å². The van der Waals surface area contributed by atoms with Gasteiger partial charge < -0.3 is 0 Å². The van der Waals surface area contributed by atoms with Gasteiger partial charge >= 0.3 is 0 Å². The molecule has 0 aromatic heterocycles. The first kappa shape index (κ1) is 12.0. The van der Waals surface area contributed by atoms with Crippen molar-refractivity contribution in [2.45, 2.75) is 19.8 Å². The molecule has 1 heterocycles. The van der Waals surface area contributed by atoms with Gasteiger partial charge in [-0.05, 0) is 22.8 Å². The third-order valence-corrected chi connectivity index (χ3v) is 3.55. The van der Waals surface area contributed by atoms with E-state index in [0.29, 0.717) is 5.69 Å². The number of nitrogens with one attached hydrogen (secondary N) is 1. The quantitative estimate of drug-likeness (QED) is 0.826. The summed E-state index contributed by atoms with van der Waals surface area (Å²) < 4.78 is 0. The molecule has 0 saturated heterocycles. The molecule has 4 nitrogen and oxygen atoms in total. The third kappa shape index (κ3) is 2.79. The minimum atomic E-state index is 0.451. The molecule has 0 amide bonds. The van der Waals surface area contributed by atoms with Crippen LogP contribution in [0.4, 0.5) is 5.69 Å². The van der Waals surface area contributed by atoms with Gasteiger partial charge in [-0.2, -0.15) is 0 Å². The highest BCUT2D eigenvalue weighted by atomic mass is 32.2. The van der Waals surface area contributed by atoms with Crippen LogP contribution in [0.1, 0.15) is 25.3 Å². The first-order valence-electron chi connectivity index (χ1n) is 5.59. The lowest BCUT2D eigenvalue weighted by Gasteiger charge is -2.07. The fraction of sp³-hybridized carbons (Fsp3) is 0.333. The third-order valence-electron chi connectivity index (χ3n) is 2.49. The van der Waals surface area contributed by atoms with Gasteiger partial charge in [-0.3, -0.25) is 0 Å². The Morgan fingerprint density at radius 1 is 1.47 bits per heavy atom. The summed E-state index contributed by atoms with van der Waals surface area (Å²) in [5.41, 5.74) is 2.15. The summed E-state index contributed by atoms with van der Waals surface area (Å²) in [4.78, 5) is 10.7. The second-order valence-corrected chi connectivity index (χ2v) is 4.81. The van der Waals surface area contributed by atoms with Crippen LogP contribution in [0.5, 0.6) is 0 Å². The fourth-order valence-corrected chi connectivity index (χ4v) is 2.63. The first-order chi connectivity index (χ1) is 8.35. The predicted octanol–water partition coefficient (Wildman–Crippen LogP) is 1.81. The van der Waals surface area contributed by atoms with E-state index in [1.165, 1.54) is 5.04 Å². The van der Waals surface area contributed by atoms with Crippen molar-refractivity contribution in [2.24, 2.45) is 10.3 Å². The molecular formula is C12H14N3OS+. The number of thioether (sulfide) groups is 1. The molecule has 0 atom stereocenters. The molecule has 0 bridgehead atoms. The van der Waals surface area contributed by atoms with Crippen LogP contribution in [-0.2, 0) is 0 Å². The van der Waals surface area contributed by atoms with Crippen molar-refractivity contribution in [3.8, 4) is 0 Å². The van der Waals surface area contributed by atoms with Gasteiger partial charge in [-0.15, -0.1) is 4.91 Å². The van der Waals surface area contributed by atoms with E-state index in [4.69, 9.17) is 0 Å². The lowest BCUT2D eigenvalue weighted by atomic mass is 10.1. The molecular weight excluding hydrogens is 234 g/mol. The molecule has 88 valence electrons. The standard InChI is InChI=1S/C12H13N3OS/c1-2-5-12-14-13-11(8-17-12)9-6-3-4-7-10(9)15-16/h3-4,6-7H,2,5,8H2,1H3/p+1. The summed E-state index contributed by atoms with van der Waals surface area (Å²) in [5, 5.41) is 11.6. The van der Waals surface area contributed by atoms with E-state index in [9.17, 15) is 4.91 Å². The number of nitrogens with zero attached hydrogens (tertiary/aromatic N) is 2. The Morgan fingerprint density at radius 3 is 2.94 bits per heavy atom. The van der Waals surface area contributed by atoms with Gasteiger partial charge in [0.15, 0.2) is 0 Å². The van der Waals surface area contributed by atoms with Gasteiger partial charge in [0.2, 0.25) is 5.04 Å². The van der Waals surface area contributed by atoms with Crippen LogP contribution in [0.15, 0.2) is 34.5 Å².